The molecule has 0 aliphatic heterocycles. The Bertz CT molecular complexity index is 784. The van der Waals surface area contributed by atoms with E-state index < -0.39 is 0 Å². The minimum Gasteiger partial charge on any atom is -0.293 e. The molecule has 0 amide bonds. The van der Waals surface area contributed by atoms with Crippen LogP contribution in [0.4, 0.5) is 0 Å². The van der Waals surface area contributed by atoms with Gasteiger partial charge in [-0.3, -0.25) is 4.79 Å². The maximum atomic E-state index is 12.2. The van der Waals surface area contributed by atoms with Crippen LogP contribution >= 0.6 is 34.4 Å². The molecule has 0 aliphatic rings. The van der Waals surface area contributed by atoms with Gasteiger partial charge in [0.05, 0.1) is 11.3 Å². The Kier molecular flexibility index (Phi) is 4.50. The van der Waals surface area contributed by atoms with E-state index in [0.29, 0.717) is 5.75 Å². The molecule has 5 heteroatoms. The third-order valence-electron chi connectivity index (χ3n) is 3.01. The van der Waals surface area contributed by atoms with Gasteiger partial charge in [0.25, 0.3) is 0 Å². The molecule has 2 aromatic carbocycles. The SMILES string of the molecule is O=C(CSc1ncnc2ccccc12)c1ccc(I)cc1. The first kappa shape index (κ1) is 14.5. The van der Waals surface area contributed by atoms with Crippen molar-refractivity contribution in [3.05, 3.63) is 64.0 Å². The van der Waals surface area contributed by atoms with Gasteiger partial charge < -0.3 is 0 Å². The smallest absolute Gasteiger partial charge is 0.173 e. The molecule has 1 aromatic heterocycles. The van der Waals surface area contributed by atoms with Gasteiger partial charge in [-0.25, -0.2) is 9.97 Å². The Balaban J connectivity index is 1.77. The summed E-state index contributed by atoms with van der Waals surface area (Å²) in [5, 5.41) is 1.83. The van der Waals surface area contributed by atoms with Crippen molar-refractivity contribution in [2.75, 3.05) is 5.75 Å². The molecule has 3 rings (SSSR count). The molecule has 0 unspecified atom stereocenters. The highest BCUT2D eigenvalue weighted by molar-refractivity contribution is 14.1. The zero-order valence-electron chi connectivity index (χ0n) is 11.0. The van der Waals surface area contributed by atoms with Gasteiger partial charge in [-0.2, -0.15) is 0 Å². The summed E-state index contributed by atoms with van der Waals surface area (Å²) >= 11 is 3.68. The fourth-order valence-corrected chi connectivity index (χ4v) is 3.19. The van der Waals surface area contributed by atoms with Crippen molar-refractivity contribution in [1.82, 2.24) is 9.97 Å². The number of fused-ring (bicyclic) bond motifs is 1. The minimum absolute atomic E-state index is 0.110. The molecular weight excluding hydrogens is 395 g/mol. The number of carbonyl (C=O) groups is 1. The molecule has 0 aliphatic carbocycles. The Morgan fingerprint density at radius 1 is 1.05 bits per heavy atom. The summed E-state index contributed by atoms with van der Waals surface area (Å²) in [6.07, 6.45) is 1.54. The molecule has 3 nitrogen and oxygen atoms in total. The number of hydrogen-bond acceptors (Lipinski definition) is 4. The van der Waals surface area contributed by atoms with Crippen molar-refractivity contribution in [2.24, 2.45) is 0 Å². The lowest BCUT2D eigenvalue weighted by Crippen LogP contribution is -2.02. The van der Waals surface area contributed by atoms with Crippen molar-refractivity contribution in [3.63, 3.8) is 0 Å². The second-order valence-corrected chi connectivity index (χ2v) is 6.62. The molecule has 0 bridgehead atoms. The summed E-state index contributed by atoms with van der Waals surface area (Å²) in [6.45, 7) is 0. The second kappa shape index (κ2) is 6.53. The summed E-state index contributed by atoms with van der Waals surface area (Å²) in [7, 11) is 0. The number of thioether (sulfide) groups is 1. The van der Waals surface area contributed by atoms with Gasteiger partial charge in [0.15, 0.2) is 5.78 Å². The zero-order valence-corrected chi connectivity index (χ0v) is 14.0. The number of Topliss-reactive ketones (excluding diaryl/α,β-unsaturated/α-hetero) is 1. The molecule has 0 spiro atoms. The first-order valence-electron chi connectivity index (χ1n) is 6.35. The number of halogens is 1. The highest BCUT2D eigenvalue weighted by atomic mass is 127. The minimum atomic E-state index is 0.110. The Morgan fingerprint density at radius 2 is 1.81 bits per heavy atom. The molecule has 0 N–H and O–H groups in total. The van der Waals surface area contributed by atoms with Gasteiger partial charge >= 0.3 is 0 Å². The van der Waals surface area contributed by atoms with E-state index in [4.69, 9.17) is 0 Å². The average molecular weight is 406 g/mol. The van der Waals surface area contributed by atoms with Crippen LogP contribution < -0.4 is 0 Å². The van der Waals surface area contributed by atoms with E-state index in [9.17, 15) is 4.79 Å². The van der Waals surface area contributed by atoms with Crippen LogP contribution in [0, 0.1) is 3.57 Å². The number of para-hydroxylation sites is 1. The number of benzene rings is 2. The number of ketones is 1. The second-order valence-electron chi connectivity index (χ2n) is 4.41. The first-order chi connectivity index (χ1) is 10.2. The van der Waals surface area contributed by atoms with Crippen LogP contribution in [0.3, 0.4) is 0 Å². The number of nitrogens with zero attached hydrogens (tertiary/aromatic N) is 2. The summed E-state index contributed by atoms with van der Waals surface area (Å²) in [4.78, 5) is 20.7. The largest absolute Gasteiger partial charge is 0.293 e. The lowest BCUT2D eigenvalue weighted by atomic mass is 10.2. The number of carbonyl (C=O) groups excluding carboxylic acids is 1. The van der Waals surface area contributed by atoms with Crippen LogP contribution in [-0.4, -0.2) is 21.5 Å². The molecule has 104 valence electrons. The van der Waals surface area contributed by atoms with Gasteiger partial charge in [0.2, 0.25) is 0 Å². The van der Waals surface area contributed by atoms with E-state index in [1.807, 2.05) is 48.5 Å². The van der Waals surface area contributed by atoms with Crippen molar-refractivity contribution in [2.45, 2.75) is 5.03 Å². The molecule has 0 saturated heterocycles. The summed E-state index contributed by atoms with van der Waals surface area (Å²) < 4.78 is 1.12. The maximum absolute atomic E-state index is 12.2. The lowest BCUT2D eigenvalue weighted by molar-refractivity contribution is 0.102. The highest BCUT2D eigenvalue weighted by Gasteiger charge is 2.09. The lowest BCUT2D eigenvalue weighted by Gasteiger charge is -2.04. The predicted molar refractivity (Wildman–Crippen MR) is 93.8 cm³/mol. The van der Waals surface area contributed by atoms with E-state index in [1.165, 1.54) is 11.8 Å². The topological polar surface area (TPSA) is 42.9 Å². The van der Waals surface area contributed by atoms with E-state index in [0.717, 1.165) is 25.1 Å². The van der Waals surface area contributed by atoms with Crippen LogP contribution in [0.15, 0.2) is 59.9 Å². The van der Waals surface area contributed by atoms with Crippen LogP contribution in [-0.2, 0) is 0 Å². The highest BCUT2D eigenvalue weighted by Crippen LogP contribution is 2.24. The van der Waals surface area contributed by atoms with E-state index in [2.05, 4.69) is 32.6 Å². The monoisotopic (exact) mass is 406 g/mol. The van der Waals surface area contributed by atoms with E-state index in [1.54, 1.807) is 6.33 Å². The van der Waals surface area contributed by atoms with Crippen LogP contribution in [0.5, 0.6) is 0 Å². The third kappa shape index (κ3) is 3.41. The van der Waals surface area contributed by atoms with Crippen LogP contribution in [0.1, 0.15) is 10.4 Å². The fourth-order valence-electron chi connectivity index (χ4n) is 1.95. The molecule has 3 aromatic rings. The predicted octanol–water partition coefficient (Wildman–Crippen LogP) is 4.21. The van der Waals surface area contributed by atoms with Gasteiger partial charge in [-0.05, 0) is 40.8 Å². The number of hydrogen-bond donors (Lipinski definition) is 0. The van der Waals surface area contributed by atoms with Gasteiger partial charge in [0, 0.05) is 14.5 Å². The molecule has 0 atom stereocenters. The molecule has 0 radical (unpaired) electrons. The van der Waals surface area contributed by atoms with E-state index in [-0.39, 0.29) is 5.78 Å². The number of aromatic nitrogens is 2. The molecule has 1 heterocycles. The van der Waals surface area contributed by atoms with Gasteiger partial charge in [-0.1, -0.05) is 42.1 Å². The molecule has 0 fully saturated rings. The Labute approximate surface area is 140 Å². The normalized spacial score (nSPS) is 10.7. The fraction of sp³-hybridized carbons (Fsp3) is 0.0625. The van der Waals surface area contributed by atoms with Crippen molar-refractivity contribution in [1.29, 1.82) is 0 Å². The molecular formula is C16H11IN2OS. The van der Waals surface area contributed by atoms with E-state index >= 15 is 0 Å². The summed E-state index contributed by atoms with van der Waals surface area (Å²) in [5.74, 6) is 0.487. The third-order valence-corrected chi connectivity index (χ3v) is 4.74. The first-order valence-corrected chi connectivity index (χ1v) is 8.42. The summed E-state index contributed by atoms with van der Waals surface area (Å²) in [5.41, 5.74) is 1.64. The Hall–Kier alpha value is -1.47. The van der Waals surface area contributed by atoms with Crippen molar-refractivity contribution >= 4 is 51.0 Å². The standard InChI is InChI=1S/C16H11IN2OS/c17-12-7-5-11(6-8-12)15(20)9-21-16-13-3-1-2-4-14(13)18-10-19-16/h1-8,10H,9H2. The average Bonchev–Trinajstić information content (AvgIpc) is 2.53. The van der Waals surface area contributed by atoms with Gasteiger partial charge in [-0.15, -0.1) is 0 Å². The van der Waals surface area contributed by atoms with Crippen molar-refractivity contribution in [3.8, 4) is 0 Å². The van der Waals surface area contributed by atoms with Crippen molar-refractivity contribution < 1.29 is 4.79 Å². The summed E-state index contributed by atoms with van der Waals surface area (Å²) in [6, 6.07) is 15.4. The van der Waals surface area contributed by atoms with Gasteiger partial charge in [0.1, 0.15) is 11.4 Å². The zero-order chi connectivity index (χ0) is 14.7. The maximum Gasteiger partial charge on any atom is 0.173 e. The van der Waals surface area contributed by atoms with Crippen LogP contribution in [0.25, 0.3) is 10.9 Å². The Morgan fingerprint density at radius 3 is 2.62 bits per heavy atom. The quantitative estimate of drug-likeness (QED) is 0.282. The molecule has 0 saturated carbocycles. The van der Waals surface area contributed by atoms with Crippen LogP contribution in [0.2, 0.25) is 0 Å². The number of rotatable bonds is 4. The molecule has 21 heavy (non-hydrogen) atoms.